The number of hydrogen-bond donors (Lipinski definition) is 0. The summed E-state index contributed by atoms with van der Waals surface area (Å²) in [4.78, 5) is 0. The molecule has 0 aromatic carbocycles. The first-order valence-corrected chi connectivity index (χ1v) is 8.32. The molecule has 5 nitrogen and oxygen atoms in total. The third kappa shape index (κ3) is 14.9. The minimum absolute atomic E-state index is 0.588. The van der Waals surface area contributed by atoms with Gasteiger partial charge in [-0.05, 0) is 0 Å². The van der Waals surface area contributed by atoms with Gasteiger partial charge in [-0.25, -0.2) is 0 Å². The minimum Gasteiger partial charge on any atom is -0.382 e. The van der Waals surface area contributed by atoms with Crippen LogP contribution in [0.5, 0.6) is 0 Å². The van der Waals surface area contributed by atoms with Crippen LogP contribution in [0.2, 0.25) is 0 Å². The van der Waals surface area contributed by atoms with E-state index in [4.69, 9.17) is 23.1 Å². The Morgan fingerprint density at radius 1 is 0.750 bits per heavy atom. The van der Waals surface area contributed by atoms with Crippen molar-refractivity contribution in [1.82, 2.24) is 0 Å². The van der Waals surface area contributed by atoms with Crippen LogP contribution in [-0.4, -0.2) is 60.0 Å². The number of rotatable bonds is 13. The van der Waals surface area contributed by atoms with Crippen LogP contribution < -0.4 is 0 Å². The molecule has 0 atom stereocenters. The molecule has 0 rings (SSSR count). The quantitative estimate of drug-likeness (QED) is 0.281. The molecular formula is C9H19IO5S. The molecule has 0 radical (unpaired) electrons. The smallest absolute Gasteiger partial charge is 0.0857 e. The second-order valence-electron chi connectivity index (χ2n) is 2.71. The molecule has 0 unspecified atom stereocenters. The van der Waals surface area contributed by atoms with E-state index < -0.39 is 0 Å². The first-order chi connectivity index (χ1) is 7.91. The van der Waals surface area contributed by atoms with Crippen LogP contribution >= 0.6 is 30.4 Å². The van der Waals surface area contributed by atoms with E-state index in [9.17, 15) is 0 Å². The van der Waals surface area contributed by atoms with Gasteiger partial charge in [0, 0.05) is 28.3 Å². The van der Waals surface area contributed by atoms with Gasteiger partial charge in [-0.1, -0.05) is 0 Å². The Balaban J connectivity index is 2.83. The van der Waals surface area contributed by atoms with Crippen LogP contribution in [0.25, 0.3) is 0 Å². The van der Waals surface area contributed by atoms with Crippen LogP contribution in [0.3, 0.4) is 0 Å². The molecule has 0 fully saturated rings. The molecule has 0 bridgehead atoms. The Labute approximate surface area is 113 Å². The van der Waals surface area contributed by atoms with E-state index in [2.05, 4.69) is 21.2 Å². The van der Waals surface area contributed by atoms with Gasteiger partial charge in [0.1, 0.15) is 0 Å². The van der Waals surface area contributed by atoms with Gasteiger partial charge in [-0.3, -0.25) is 0 Å². The van der Waals surface area contributed by atoms with E-state index >= 15 is 0 Å². The van der Waals surface area contributed by atoms with Gasteiger partial charge in [0.05, 0.1) is 62.1 Å². The molecule has 0 N–H and O–H groups in total. The van der Waals surface area contributed by atoms with E-state index in [1.807, 2.05) is 0 Å². The lowest BCUT2D eigenvalue weighted by atomic mass is 10.7. The summed E-state index contributed by atoms with van der Waals surface area (Å²) in [5.74, 6) is 0. The summed E-state index contributed by atoms with van der Waals surface area (Å²) in [5.41, 5.74) is 0. The molecule has 0 saturated heterocycles. The predicted octanol–water partition coefficient (Wildman–Crippen LogP) is 1.70. The molecule has 98 valence electrons. The van der Waals surface area contributed by atoms with Crippen molar-refractivity contribution in [2.45, 2.75) is 0 Å². The van der Waals surface area contributed by atoms with Gasteiger partial charge in [0.2, 0.25) is 0 Å². The summed E-state index contributed by atoms with van der Waals surface area (Å²) in [6.45, 7) is 4.81. The van der Waals surface area contributed by atoms with E-state index in [0.29, 0.717) is 52.9 Å². The average molecular weight is 366 g/mol. The molecule has 0 amide bonds. The summed E-state index contributed by atoms with van der Waals surface area (Å²) in [6.07, 6.45) is 0. The fourth-order valence-corrected chi connectivity index (χ4v) is 1.48. The second kappa shape index (κ2) is 15.9. The van der Waals surface area contributed by atoms with Gasteiger partial charge in [-0.2, -0.15) is 0 Å². The van der Waals surface area contributed by atoms with Crippen molar-refractivity contribution in [3.8, 4) is 0 Å². The Morgan fingerprint density at radius 2 is 1.19 bits per heavy atom. The maximum atomic E-state index is 5.28. The van der Waals surface area contributed by atoms with Gasteiger partial charge in [0.25, 0.3) is 0 Å². The highest BCUT2D eigenvalue weighted by Gasteiger charge is 1.92. The van der Waals surface area contributed by atoms with E-state index in [-0.39, 0.29) is 0 Å². The van der Waals surface area contributed by atoms with Gasteiger partial charge in [0.15, 0.2) is 0 Å². The predicted molar refractivity (Wildman–Crippen MR) is 71.9 cm³/mol. The zero-order valence-corrected chi connectivity index (χ0v) is 12.5. The second-order valence-corrected chi connectivity index (χ2v) is 4.16. The van der Waals surface area contributed by atoms with Crippen LogP contribution in [0, 0.1) is 0 Å². The fraction of sp³-hybridized carbons (Fsp3) is 1.00. The number of ether oxygens (including phenoxy) is 4. The first-order valence-electron chi connectivity index (χ1n) is 5.04. The molecule has 0 aliphatic heterocycles. The maximum Gasteiger partial charge on any atom is 0.0857 e. The van der Waals surface area contributed by atoms with Crippen molar-refractivity contribution in [3.63, 3.8) is 0 Å². The SMILES string of the molecule is COCCOCCOCCOCCOSI. The van der Waals surface area contributed by atoms with Crippen molar-refractivity contribution < 1.29 is 23.1 Å². The van der Waals surface area contributed by atoms with Crippen molar-refractivity contribution >= 4 is 30.4 Å². The largest absolute Gasteiger partial charge is 0.382 e. The first kappa shape index (κ1) is 16.9. The van der Waals surface area contributed by atoms with E-state index in [0.717, 1.165) is 0 Å². The highest BCUT2D eigenvalue weighted by molar-refractivity contribution is 14.2. The highest BCUT2D eigenvalue weighted by Crippen LogP contribution is 2.10. The maximum absolute atomic E-state index is 5.28. The molecule has 0 aliphatic rings. The van der Waals surface area contributed by atoms with Crippen LogP contribution in [0.1, 0.15) is 0 Å². The Morgan fingerprint density at radius 3 is 1.62 bits per heavy atom. The summed E-state index contributed by atoms with van der Waals surface area (Å²) in [7, 11) is 2.97. The normalized spacial score (nSPS) is 10.9. The van der Waals surface area contributed by atoms with E-state index in [1.165, 1.54) is 9.21 Å². The van der Waals surface area contributed by atoms with Crippen LogP contribution in [-0.2, 0) is 23.1 Å². The van der Waals surface area contributed by atoms with Crippen LogP contribution in [0.15, 0.2) is 0 Å². The zero-order chi connectivity index (χ0) is 11.9. The number of methoxy groups -OCH3 is 1. The topological polar surface area (TPSA) is 46.2 Å². The summed E-state index contributed by atoms with van der Waals surface area (Å²) < 4.78 is 25.6. The van der Waals surface area contributed by atoms with Crippen molar-refractivity contribution in [1.29, 1.82) is 0 Å². The Bertz CT molecular complexity index is 116. The van der Waals surface area contributed by atoms with Gasteiger partial charge < -0.3 is 23.1 Å². The molecule has 16 heavy (non-hydrogen) atoms. The van der Waals surface area contributed by atoms with Crippen molar-refractivity contribution in [3.05, 3.63) is 0 Å². The number of hydrogen-bond acceptors (Lipinski definition) is 6. The minimum atomic E-state index is 0.588. The lowest BCUT2D eigenvalue weighted by molar-refractivity contribution is 0.000931. The summed E-state index contributed by atoms with van der Waals surface area (Å²) in [5, 5.41) is 0. The number of halogens is 1. The summed E-state index contributed by atoms with van der Waals surface area (Å²) >= 11 is 2.07. The van der Waals surface area contributed by atoms with Gasteiger partial charge in [-0.15, -0.1) is 0 Å². The molecule has 0 heterocycles. The Hall–Kier alpha value is 0.880. The lowest BCUT2D eigenvalue weighted by Gasteiger charge is -2.06. The molecular weight excluding hydrogens is 347 g/mol. The zero-order valence-electron chi connectivity index (χ0n) is 9.48. The molecule has 0 saturated carbocycles. The van der Waals surface area contributed by atoms with Crippen molar-refractivity contribution in [2.24, 2.45) is 0 Å². The highest BCUT2D eigenvalue weighted by atomic mass is 127. The molecule has 0 spiro atoms. The molecule has 0 aromatic rings. The monoisotopic (exact) mass is 366 g/mol. The third-order valence-electron chi connectivity index (χ3n) is 1.53. The standard InChI is InChI=1S/C9H19IO5S/c1-11-2-3-12-4-5-13-6-7-14-8-9-15-16-10/h2-9H2,1H3. The third-order valence-corrected chi connectivity index (χ3v) is 2.55. The molecule has 0 aliphatic carbocycles. The summed E-state index contributed by atoms with van der Waals surface area (Å²) in [6, 6.07) is 0. The molecule has 0 aromatic heterocycles. The fourth-order valence-electron chi connectivity index (χ4n) is 0.809. The average Bonchev–Trinajstić information content (AvgIpc) is 2.31. The van der Waals surface area contributed by atoms with Crippen LogP contribution in [0.4, 0.5) is 0 Å². The van der Waals surface area contributed by atoms with E-state index in [1.54, 1.807) is 7.11 Å². The lowest BCUT2D eigenvalue weighted by Crippen LogP contribution is -2.12. The van der Waals surface area contributed by atoms with Gasteiger partial charge >= 0.3 is 0 Å². The molecule has 7 heteroatoms. The van der Waals surface area contributed by atoms with Crippen molar-refractivity contribution in [2.75, 3.05) is 60.0 Å². The Kier molecular flexibility index (Phi) is 16.8.